The van der Waals surface area contributed by atoms with E-state index in [4.69, 9.17) is 4.74 Å². The number of aromatic nitrogens is 2. The van der Waals surface area contributed by atoms with Crippen LogP contribution in [0.2, 0.25) is 0 Å². The molecule has 0 unspecified atom stereocenters. The number of ether oxygens (including phenoxy) is 1. The van der Waals surface area contributed by atoms with Crippen molar-refractivity contribution in [1.82, 2.24) is 14.5 Å². The maximum atomic E-state index is 5.55. The molecule has 0 saturated heterocycles. The average molecular weight is 203 g/mol. The van der Waals surface area contributed by atoms with Crippen LogP contribution in [0.25, 0.3) is 11.0 Å². The number of fused-ring (bicyclic) bond motifs is 3. The van der Waals surface area contributed by atoms with Gasteiger partial charge in [-0.2, -0.15) is 0 Å². The van der Waals surface area contributed by atoms with Gasteiger partial charge in [0.05, 0.1) is 17.6 Å². The summed E-state index contributed by atoms with van der Waals surface area (Å²) in [6.07, 6.45) is 0. The molecule has 2 heterocycles. The quantitative estimate of drug-likeness (QED) is 0.648. The van der Waals surface area contributed by atoms with E-state index >= 15 is 0 Å². The van der Waals surface area contributed by atoms with E-state index in [2.05, 4.69) is 20.5 Å². The Hall–Kier alpha value is -1.39. The largest absolute Gasteiger partial charge is 0.345 e. The fourth-order valence-corrected chi connectivity index (χ4v) is 1.97. The van der Waals surface area contributed by atoms with Gasteiger partial charge in [-0.15, -0.1) is 0 Å². The lowest BCUT2D eigenvalue weighted by molar-refractivity contribution is 0.0185. The smallest absolute Gasteiger partial charge is 0.126 e. The first-order valence-corrected chi connectivity index (χ1v) is 5.05. The van der Waals surface area contributed by atoms with Gasteiger partial charge in [-0.25, -0.2) is 4.98 Å². The number of para-hydroxylation sites is 2. The number of nitrogens with zero attached hydrogens (tertiary/aromatic N) is 3. The zero-order chi connectivity index (χ0) is 10.3. The van der Waals surface area contributed by atoms with E-state index in [0.29, 0.717) is 13.5 Å². The fourth-order valence-electron chi connectivity index (χ4n) is 1.97. The van der Waals surface area contributed by atoms with Gasteiger partial charge in [0.25, 0.3) is 0 Å². The molecule has 0 spiro atoms. The molecular weight excluding hydrogens is 190 g/mol. The summed E-state index contributed by atoms with van der Waals surface area (Å²) in [6, 6.07) is 8.17. The zero-order valence-electron chi connectivity index (χ0n) is 8.68. The maximum absolute atomic E-state index is 5.55. The molecule has 3 rings (SSSR count). The highest BCUT2D eigenvalue weighted by Gasteiger charge is 2.15. The second kappa shape index (κ2) is 3.32. The Balaban J connectivity index is 2.19. The molecule has 1 aromatic carbocycles. The molecule has 0 fully saturated rings. The molecule has 2 aromatic rings. The van der Waals surface area contributed by atoms with Crippen LogP contribution in [0.3, 0.4) is 0 Å². The lowest BCUT2D eigenvalue weighted by atomic mass is 10.3. The van der Waals surface area contributed by atoms with Crippen molar-refractivity contribution in [2.24, 2.45) is 0 Å². The Morgan fingerprint density at radius 2 is 2.13 bits per heavy atom. The average Bonchev–Trinajstić information content (AvgIpc) is 2.46. The highest BCUT2D eigenvalue weighted by atomic mass is 16.5. The van der Waals surface area contributed by atoms with E-state index in [1.807, 2.05) is 25.2 Å². The van der Waals surface area contributed by atoms with Crippen molar-refractivity contribution in [3.05, 3.63) is 30.1 Å². The predicted octanol–water partition coefficient (Wildman–Crippen LogP) is 1.41. The van der Waals surface area contributed by atoms with Gasteiger partial charge < -0.3 is 9.30 Å². The molecule has 4 heteroatoms. The van der Waals surface area contributed by atoms with E-state index in [0.717, 1.165) is 23.4 Å². The van der Waals surface area contributed by atoms with Crippen LogP contribution < -0.4 is 0 Å². The van der Waals surface area contributed by atoms with Crippen molar-refractivity contribution in [3.8, 4) is 0 Å². The number of hydrogen-bond donors (Lipinski definition) is 0. The Bertz CT molecular complexity index is 492. The number of benzene rings is 1. The molecule has 1 aliphatic heterocycles. The van der Waals surface area contributed by atoms with Crippen LogP contribution in [0.1, 0.15) is 5.82 Å². The molecule has 0 amide bonds. The minimum atomic E-state index is 0.597. The van der Waals surface area contributed by atoms with E-state index in [1.165, 1.54) is 0 Å². The highest BCUT2D eigenvalue weighted by molar-refractivity contribution is 5.75. The van der Waals surface area contributed by atoms with Crippen LogP contribution in [0.5, 0.6) is 0 Å². The molecule has 78 valence electrons. The minimum Gasteiger partial charge on any atom is -0.345 e. The number of imidazole rings is 1. The van der Waals surface area contributed by atoms with Crippen molar-refractivity contribution in [1.29, 1.82) is 0 Å². The summed E-state index contributed by atoms with van der Waals surface area (Å²) in [7, 11) is 2.04. The molecular formula is C11H13N3O. The second-order valence-corrected chi connectivity index (χ2v) is 3.92. The third-order valence-corrected chi connectivity index (χ3v) is 2.68. The van der Waals surface area contributed by atoms with E-state index < -0.39 is 0 Å². The highest BCUT2D eigenvalue weighted by Crippen LogP contribution is 2.18. The SMILES string of the molecule is CN1COCn2c(nc3ccccc32)C1. The van der Waals surface area contributed by atoms with Gasteiger partial charge in [-0.3, -0.25) is 4.90 Å². The van der Waals surface area contributed by atoms with E-state index in [-0.39, 0.29) is 0 Å². The zero-order valence-corrected chi connectivity index (χ0v) is 8.68. The van der Waals surface area contributed by atoms with Crippen LogP contribution >= 0.6 is 0 Å². The molecule has 1 aromatic heterocycles. The van der Waals surface area contributed by atoms with Crippen molar-refractivity contribution in [3.63, 3.8) is 0 Å². The van der Waals surface area contributed by atoms with Crippen LogP contribution in [0.15, 0.2) is 24.3 Å². The van der Waals surface area contributed by atoms with Gasteiger partial charge in [0.15, 0.2) is 0 Å². The first kappa shape index (κ1) is 8.88. The summed E-state index contributed by atoms with van der Waals surface area (Å²) in [6.45, 7) is 2.10. The molecule has 1 aliphatic rings. The first-order valence-electron chi connectivity index (χ1n) is 5.05. The van der Waals surface area contributed by atoms with Gasteiger partial charge in [0.2, 0.25) is 0 Å². The van der Waals surface area contributed by atoms with Crippen LogP contribution in [0, 0.1) is 0 Å². The predicted molar refractivity (Wildman–Crippen MR) is 57.2 cm³/mol. The molecule has 15 heavy (non-hydrogen) atoms. The summed E-state index contributed by atoms with van der Waals surface area (Å²) in [5, 5.41) is 0. The summed E-state index contributed by atoms with van der Waals surface area (Å²) < 4.78 is 7.69. The minimum absolute atomic E-state index is 0.597. The van der Waals surface area contributed by atoms with Crippen LogP contribution in [-0.4, -0.2) is 28.2 Å². The molecule has 0 bridgehead atoms. The van der Waals surface area contributed by atoms with Gasteiger partial charge in [0, 0.05) is 0 Å². The van der Waals surface area contributed by atoms with Gasteiger partial charge >= 0.3 is 0 Å². The monoisotopic (exact) mass is 203 g/mol. The Morgan fingerprint density at radius 3 is 3.07 bits per heavy atom. The standard InChI is InChI=1S/C11H13N3O/c1-13-6-11-12-9-4-2-3-5-10(9)14(11)8-15-7-13/h2-5H,6-8H2,1H3. The molecule has 4 nitrogen and oxygen atoms in total. The molecule has 0 saturated carbocycles. The maximum Gasteiger partial charge on any atom is 0.126 e. The van der Waals surface area contributed by atoms with Crippen molar-refractivity contribution < 1.29 is 4.74 Å². The number of hydrogen-bond acceptors (Lipinski definition) is 3. The Morgan fingerprint density at radius 1 is 1.27 bits per heavy atom. The van der Waals surface area contributed by atoms with Crippen LogP contribution in [-0.2, 0) is 18.0 Å². The number of rotatable bonds is 0. The summed E-state index contributed by atoms with van der Waals surface area (Å²) in [5.74, 6) is 1.08. The van der Waals surface area contributed by atoms with Crippen molar-refractivity contribution in [2.75, 3.05) is 13.8 Å². The van der Waals surface area contributed by atoms with E-state index in [9.17, 15) is 0 Å². The summed E-state index contributed by atoms with van der Waals surface area (Å²) >= 11 is 0. The van der Waals surface area contributed by atoms with Gasteiger partial charge in [0.1, 0.15) is 19.3 Å². The molecule has 0 N–H and O–H groups in total. The topological polar surface area (TPSA) is 30.3 Å². The lowest BCUT2D eigenvalue weighted by Gasteiger charge is -2.09. The molecule has 0 aliphatic carbocycles. The van der Waals surface area contributed by atoms with Crippen molar-refractivity contribution >= 4 is 11.0 Å². The summed E-state index contributed by atoms with van der Waals surface area (Å²) in [5.41, 5.74) is 2.20. The first-order chi connectivity index (χ1) is 7.34. The third kappa shape index (κ3) is 1.42. The van der Waals surface area contributed by atoms with Gasteiger partial charge in [-0.1, -0.05) is 12.1 Å². The van der Waals surface area contributed by atoms with E-state index in [1.54, 1.807) is 0 Å². The fraction of sp³-hybridized carbons (Fsp3) is 0.364. The molecule has 0 atom stereocenters. The normalized spacial score (nSPS) is 17.7. The summed E-state index contributed by atoms with van der Waals surface area (Å²) in [4.78, 5) is 6.72. The Labute approximate surface area is 88.1 Å². The lowest BCUT2D eigenvalue weighted by Crippen LogP contribution is -2.18. The second-order valence-electron chi connectivity index (χ2n) is 3.92. The molecule has 0 radical (unpaired) electrons. The Kier molecular flexibility index (Phi) is 1.97. The van der Waals surface area contributed by atoms with Crippen molar-refractivity contribution in [2.45, 2.75) is 13.3 Å². The van der Waals surface area contributed by atoms with Crippen LogP contribution in [0.4, 0.5) is 0 Å². The van der Waals surface area contributed by atoms with Gasteiger partial charge in [-0.05, 0) is 19.2 Å². The third-order valence-electron chi connectivity index (χ3n) is 2.68.